The van der Waals surface area contributed by atoms with Crippen LogP contribution < -0.4 is 4.74 Å². The van der Waals surface area contributed by atoms with Gasteiger partial charge in [0.1, 0.15) is 23.7 Å². The molecule has 120 valence electrons. The molecular weight excluding hydrogens is 308 g/mol. The van der Waals surface area contributed by atoms with Crippen LogP contribution in [0, 0.1) is 27.7 Å². The van der Waals surface area contributed by atoms with Crippen molar-refractivity contribution >= 4 is 22.6 Å². The highest BCUT2D eigenvalue weighted by molar-refractivity contribution is 6.18. The Labute approximate surface area is 142 Å². The molecule has 1 heterocycles. The molecule has 0 saturated heterocycles. The third kappa shape index (κ3) is 2.72. The molecule has 2 aromatic carbocycles. The fraction of sp³-hybridized carbons (Fsp3) is 0.300. The predicted molar refractivity (Wildman–Crippen MR) is 95.5 cm³/mol. The van der Waals surface area contributed by atoms with E-state index in [0.717, 1.165) is 50.3 Å². The first-order chi connectivity index (χ1) is 11.0. The van der Waals surface area contributed by atoms with Crippen molar-refractivity contribution in [1.82, 2.24) is 0 Å². The van der Waals surface area contributed by atoms with Crippen molar-refractivity contribution < 1.29 is 9.15 Å². The number of aryl methyl sites for hydroxylation is 3. The van der Waals surface area contributed by atoms with Gasteiger partial charge in [0.25, 0.3) is 0 Å². The summed E-state index contributed by atoms with van der Waals surface area (Å²) in [5, 5.41) is 1.10. The lowest BCUT2D eigenvalue weighted by Crippen LogP contribution is -2.01. The van der Waals surface area contributed by atoms with Crippen molar-refractivity contribution in [2.75, 3.05) is 0 Å². The molecule has 0 aliphatic heterocycles. The zero-order chi connectivity index (χ0) is 16.6. The molecule has 3 aromatic rings. The quantitative estimate of drug-likeness (QED) is 0.549. The second kappa shape index (κ2) is 6.29. The summed E-state index contributed by atoms with van der Waals surface area (Å²) in [5.74, 6) is 2.27. The summed E-state index contributed by atoms with van der Waals surface area (Å²) in [6.45, 7) is 8.77. The maximum absolute atomic E-state index is 6.17. The van der Waals surface area contributed by atoms with E-state index in [1.54, 1.807) is 0 Å². The van der Waals surface area contributed by atoms with Gasteiger partial charge < -0.3 is 9.15 Å². The first-order valence-electron chi connectivity index (χ1n) is 7.79. The molecule has 0 amide bonds. The third-order valence-corrected chi connectivity index (χ3v) is 4.80. The molecule has 0 aliphatic carbocycles. The van der Waals surface area contributed by atoms with Crippen molar-refractivity contribution in [3.05, 3.63) is 63.9 Å². The number of halogens is 1. The van der Waals surface area contributed by atoms with E-state index in [4.69, 9.17) is 20.8 Å². The minimum atomic E-state index is 0.445. The van der Waals surface area contributed by atoms with Gasteiger partial charge in [-0.15, -0.1) is 11.6 Å². The Bertz CT molecular complexity index is 847. The van der Waals surface area contributed by atoms with Crippen LogP contribution in [0.4, 0.5) is 0 Å². The largest absolute Gasteiger partial charge is 0.488 e. The maximum atomic E-state index is 6.17. The van der Waals surface area contributed by atoms with Gasteiger partial charge in [-0.3, -0.25) is 0 Å². The second-order valence-electron chi connectivity index (χ2n) is 5.95. The van der Waals surface area contributed by atoms with Gasteiger partial charge in [-0.1, -0.05) is 30.3 Å². The van der Waals surface area contributed by atoms with Crippen LogP contribution in [-0.2, 0) is 12.5 Å². The van der Waals surface area contributed by atoms with Gasteiger partial charge >= 0.3 is 0 Å². The lowest BCUT2D eigenvalue weighted by Gasteiger charge is -2.15. The van der Waals surface area contributed by atoms with Gasteiger partial charge in [-0.25, -0.2) is 0 Å². The predicted octanol–water partition coefficient (Wildman–Crippen LogP) is 5.98. The van der Waals surface area contributed by atoms with Crippen LogP contribution in [0.25, 0.3) is 11.0 Å². The maximum Gasteiger partial charge on any atom is 0.138 e. The molecule has 0 bridgehead atoms. The highest BCUT2D eigenvalue weighted by Crippen LogP contribution is 2.40. The Hall–Kier alpha value is -1.93. The van der Waals surface area contributed by atoms with Crippen LogP contribution in [0.3, 0.4) is 0 Å². The second-order valence-corrected chi connectivity index (χ2v) is 6.22. The summed E-state index contributed by atoms with van der Waals surface area (Å²) in [4.78, 5) is 0. The summed E-state index contributed by atoms with van der Waals surface area (Å²) >= 11 is 6.14. The molecule has 0 saturated carbocycles. The smallest absolute Gasteiger partial charge is 0.138 e. The van der Waals surface area contributed by atoms with E-state index in [0.29, 0.717) is 12.5 Å². The van der Waals surface area contributed by atoms with E-state index < -0.39 is 0 Å². The van der Waals surface area contributed by atoms with Gasteiger partial charge in [0.15, 0.2) is 0 Å². The Kier molecular flexibility index (Phi) is 4.36. The minimum absolute atomic E-state index is 0.445. The number of rotatable bonds is 4. The standard InChI is InChI=1S/C20H21ClO2/c1-12-13(2)20-18(17(10-21)15(4)23-20)14(3)19(12)22-11-16-8-6-5-7-9-16/h5-9H,10-11H2,1-4H3. The van der Waals surface area contributed by atoms with E-state index in [2.05, 4.69) is 32.9 Å². The average molecular weight is 329 g/mol. The van der Waals surface area contributed by atoms with Crippen LogP contribution >= 0.6 is 11.6 Å². The number of hydrogen-bond donors (Lipinski definition) is 0. The molecule has 0 spiro atoms. The van der Waals surface area contributed by atoms with Crippen molar-refractivity contribution in [3.63, 3.8) is 0 Å². The first kappa shape index (κ1) is 15.9. The molecular formula is C20H21ClO2. The van der Waals surface area contributed by atoms with Gasteiger partial charge in [0, 0.05) is 16.5 Å². The van der Waals surface area contributed by atoms with E-state index in [9.17, 15) is 0 Å². The fourth-order valence-corrected chi connectivity index (χ4v) is 3.40. The summed E-state index contributed by atoms with van der Waals surface area (Å²) in [5.41, 5.74) is 6.50. The van der Waals surface area contributed by atoms with Crippen LogP contribution in [0.2, 0.25) is 0 Å². The average Bonchev–Trinajstić information content (AvgIpc) is 2.90. The zero-order valence-electron chi connectivity index (χ0n) is 14.0. The zero-order valence-corrected chi connectivity index (χ0v) is 14.8. The van der Waals surface area contributed by atoms with E-state index in [1.165, 1.54) is 0 Å². The number of benzene rings is 2. The van der Waals surface area contributed by atoms with Crippen molar-refractivity contribution in [1.29, 1.82) is 0 Å². The van der Waals surface area contributed by atoms with Crippen LogP contribution in [0.15, 0.2) is 34.7 Å². The van der Waals surface area contributed by atoms with Gasteiger partial charge in [0.2, 0.25) is 0 Å². The lowest BCUT2D eigenvalue weighted by molar-refractivity contribution is 0.302. The normalized spacial score (nSPS) is 11.2. The van der Waals surface area contributed by atoms with Gasteiger partial charge in [-0.05, 0) is 44.4 Å². The van der Waals surface area contributed by atoms with Crippen LogP contribution in [-0.4, -0.2) is 0 Å². The monoisotopic (exact) mass is 328 g/mol. The minimum Gasteiger partial charge on any atom is -0.488 e. The molecule has 0 N–H and O–H groups in total. The number of hydrogen-bond acceptors (Lipinski definition) is 2. The molecule has 3 rings (SSSR count). The number of alkyl halides is 1. The number of fused-ring (bicyclic) bond motifs is 1. The SMILES string of the molecule is Cc1oc2c(C)c(C)c(OCc3ccccc3)c(C)c2c1CCl. The van der Waals surface area contributed by atoms with E-state index in [1.807, 2.05) is 25.1 Å². The molecule has 0 fully saturated rings. The van der Waals surface area contributed by atoms with Gasteiger partial charge in [-0.2, -0.15) is 0 Å². The summed E-state index contributed by atoms with van der Waals surface area (Å²) in [6, 6.07) is 10.2. The highest BCUT2D eigenvalue weighted by atomic mass is 35.5. The number of ether oxygens (including phenoxy) is 1. The Morgan fingerprint density at radius 2 is 1.65 bits per heavy atom. The molecule has 0 radical (unpaired) electrons. The van der Waals surface area contributed by atoms with Crippen LogP contribution in [0.1, 0.15) is 33.6 Å². The van der Waals surface area contributed by atoms with Crippen LogP contribution in [0.5, 0.6) is 5.75 Å². The van der Waals surface area contributed by atoms with Crippen molar-refractivity contribution in [3.8, 4) is 5.75 Å². The van der Waals surface area contributed by atoms with Crippen molar-refractivity contribution in [2.24, 2.45) is 0 Å². The molecule has 23 heavy (non-hydrogen) atoms. The molecule has 0 aliphatic rings. The molecule has 1 aromatic heterocycles. The van der Waals surface area contributed by atoms with Crippen molar-refractivity contribution in [2.45, 2.75) is 40.2 Å². The summed E-state index contributed by atoms with van der Waals surface area (Å²) in [6.07, 6.45) is 0. The van der Waals surface area contributed by atoms with E-state index >= 15 is 0 Å². The molecule has 3 heteroatoms. The first-order valence-corrected chi connectivity index (χ1v) is 8.32. The molecule has 0 atom stereocenters. The number of furan rings is 1. The van der Waals surface area contributed by atoms with Gasteiger partial charge in [0.05, 0.1) is 5.88 Å². The highest BCUT2D eigenvalue weighted by Gasteiger charge is 2.20. The summed E-state index contributed by atoms with van der Waals surface area (Å²) in [7, 11) is 0. The van der Waals surface area contributed by atoms with E-state index in [-0.39, 0.29) is 0 Å². The lowest BCUT2D eigenvalue weighted by atomic mass is 9.98. The third-order valence-electron chi connectivity index (χ3n) is 4.53. The Balaban J connectivity index is 2.09. The Morgan fingerprint density at radius 1 is 0.957 bits per heavy atom. The molecule has 0 unspecified atom stereocenters. The topological polar surface area (TPSA) is 22.4 Å². The fourth-order valence-electron chi connectivity index (χ4n) is 3.08. The summed E-state index contributed by atoms with van der Waals surface area (Å²) < 4.78 is 12.1. The molecule has 2 nitrogen and oxygen atoms in total. The Morgan fingerprint density at radius 3 is 2.30 bits per heavy atom.